The van der Waals surface area contributed by atoms with Gasteiger partial charge >= 0.3 is 0 Å². The summed E-state index contributed by atoms with van der Waals surface area (Å²) < 4.78 is 5.32. The van der Waals surface area contributed by atoms with Crippen molar-refractivity contribution in [1.82, 2.24) is 5.32 Å². The fourth-order valence-electron chi connectivity index (χ4n) is 2.42. The van der Waals surface area contributed by atoms with Crippen LogP contribution in [0.3, 0.4) is 0 Å². The predicted octanol–water partition coefficient (Wildman–Crippen LogP) is 3.34. The van der Waals surface area contributed by atoms with Crippen LogP contribution in [-0.4, -0.2) is 29.6 Å². The molecule has 4 nitrogen and oxygen atoms in total. The molecule has 2 unspecified atom stereocenters. The van der Waals surface area contributed by atoms with Crippen LogP contribution in [0, 0.1) is 0 Å². The molecule has 0 aliphatic carbocycles. The molecule has 0 aromatic heterocycles. The van der Waals surface area contributed by atoms with Crippen molar-refractivity contribution in [3.8, 4) is 5.75 Å². The smallest absolute Gasteiger partial charge is 0.230 e. The topological polar surface area (TPSA) is 58.6 Å². The molecule has 2 N–H and O–H groups in total. The lowest BCUT2D eigenvalue weighted by Gasteiger charge is -2.17. The molecule has 1 amide bonds. The van der Waals surface area contributed by atoms with Crippen LogP contribution in [0.5, 0.6) is 5.75 Å². The number of nitrogens with one attached hydrogen (secondary N) is 1. The van der Waals surface area contributed by atoms with Gasteiger partial charge in [-0.2, -0.15) is 0 Å². The maximum atomic E-state index is 12.1. The average molecular weight is 345 g/mol. The van der Waals surface area contributed by atoms with E-state index in [0.717, 1.165) is 16.9 Å². The highest BCUT2D eigenvalue weighted by Gasteiger charge is 2.14. The zero-order valence-corrected chi connectivity index (χ0v) is 14.8. The number of benzene rings is 2. The Morgan fingerprint density at radius 2 is 1.83 bits per heavy atom. The molecule has 2 atom stereocenters. The summed E-state index contributed by atoms with van der Waals surface area (Å²) in [5, 5.41) is 13.1. The summed E-state index contributed by atoms with van der Waals surface area (Å²) in [6.07, 6.45) is -0.560. The van der Waals surface area contributed by atoms with Crippen LogP contribution in [0.25, 0.3) is 0 Å². The Hall–Kier alpha value is -1.98. The molecular formula is C19H23NO3S. The van der Waals surface area contributed by atoms with E-state index in [1.54, 1.807) is 7.11 Å². The Bertz CT molecular complexity index is 648. The maximum absolute atomic E-state index is 12.1. The van der Waals surface area contributed by atoms with Gasteiger partial charge < -0.3 is 15.2 Å². The molecule has 5 heteroatoms. The van der Waals surface area contributed by atoms with Crippen molar-refractivity contribution < 1.29 is 14.6 Å². The Morgan fingerprint density at radius 3 is 2.54 bits per heavy atom. The van der Waals surface area contributed by atoms with Gasteiger partial charge in [-0.1, -0.05) is 48.5 Å². The maximum Gasteiger partial charge on any atom is 0.230 e. The summed E-state index contributed by atoms with van der Waals surface area (Å²) in [5.74, 6) is 1.50. The Morgan fingerprint density at radius 1 is 1.17 bits per heavy atom. The summed E-state index contributed by atoms with van der Waals surface area (Å²) in [6.45, 7) is 1.93. The zero-order chi connectivity index (χ0) is 17.4. The first-order valence-electron chi connectivity index (χ1n) is 7.85. The van der Waals surface area contributed by atoms with E-state index in [9.17, 15) is 9.90 Å². The molecule has 2 aromatic carbocycles. The average Bonchev–Trinajstić information content (AvgIpc) is 2.62. The van der Waals surface area contributed by atoms with E-state index in [2.05, 4.69) is 5.32 Å². The Balaban J connectivity index is 1.79. The van der Waals surface area contributed by atoms with Crippen LogP contribution in [0.1, 0.15) is 30.2 Å². The number of hydrogen-bond donors (Lipinski definition) is 2. The number of amides is 1. The second-order valence-corrected chi connectivity index (χ2v) is 6.50. The minimum Gasteiger partial charge on any atom is -0.496 e. The van der Waals surface area contributed by atoms with E-state index >= 15 is 0 Å². The van der Waals surface area contributed by atoms with Crippen molar-refractivity contribution in [3.05, 3.63) is 65.7 Å². The van der Waals surface area contributed by atoms with Crippen molar-refractivity contribution in [2.24, 2.45) is 0 Å². The number of ether oxygens (including phenoxy) is 1. The lowest BCUT2D eigenvalue weighted by Crippen LogP contribution is -2.28. The van der Waals surface area contributed by atoms with Gasteiger partial charge in [0.25, 0.3) is 0 Å². The summed E-state index contributed by atoms with van der Waals surface area (Å²) in [6, 6.07) is 17.0. The van der Waals surface area contributed by atoms with Crippen LogP contribution >= 0.6 is 11.8 Å². The first-order valence-corrected chi connectivity index (χ1v) is 9.00. The first kappa shape index (κ1) is 18.4. The highest BCUT2D eigenvalue weighted by molar-refractivity contribution is 7.99. The molecule has 2 rings (SSSR count). The predicted molar refractivity (Wildman–Crippen MR) is 98.3 cm³/mol. The zero-order valence-electron chi connectivity index (χ0n) is 13.9. The highest BCUT2D eigenvalue weighted by Crippen LogP contribution is 2.24. The second-order valence-electron chi connectivity index (χ2n) is 5.47. The van der Waals surface area contributed by atoms with Gasteiger partial charge in [-0.3, -0.25) is 4.79 Å². The molecule has 128 valence electrons. The molecule has 0 spiro atoms. The highest BCUT2D eigenvalue weighted by atomic mass is 32.2. The normalized spacial score (nSPS) is 13.1. The summed E-state index contributed by atoms with van der Waals surface area (Å²) in [4.78, 5) is 12.1. The number of thioether (sulfide) groups is 1. The largest absolute Gasteiger partial charge is 0.496 e. The van der Waals surface area contributed by atoms with Crippen molar-refractivity contribution in [2.45, 2.75) is 19.1 Å². The quantitative estimate of drug-likeness (QED) is 0.770. The van der Waals surface area contributed by atoms with Crippen LogP contribution in [0.4, 0.5) is 0 Å². The van der Waals surface area contributed by atoms with E-state index in [0.29, 0.717) is 11.5 Å². The van der Waals surface area contributed by atoms with E-state index < -0.39 is 6.10 Å². The second kappa shape index (κ2) is 9.35. The number of para-hydroxylation sites is 1. The van der Waals surface area contributed by atoms with Gasteiger partial charge in [0.1, 0.15) is 5.75 Å². The van der Waals surface area contributed by atoms with Gasteiger partial charge in [0.05, 0.1) is 25.0 Å². The third-order valence-corrected chi connectivity index (χ3v) is 4.69. The fraction of sp³-hybridized carbons (Fsp3) is 0.316. The number of rotatable bonds is 8. The van der Waals surface area contributed by atoms with Crippen LogP contribution in [0.2, 0.25) is 0 Å². The monoisotopic (exact) mass is 345 g/mol. The Kier molecular flexibility index (Phi) is 7.15. The summed E-state index contributed by atoms with van der Waals surface area (Å²) >= 11 is 1.42. The SMILES string of the molecule is COc1ccccc1C(C)NC(=O)CSCC(O)c1ccccc1. The first-order chi connectivity index (χ1) is 11.6. The Labute approximate surface area is 147 Å². The summed E-state index contributed by atoms with van der Waals surface area (Å²) in [5.41, 5.74) is 1.82. The van der Waals surface area contributed by atoms with Crippen LogP contribution in [-0.2, 0) is 4.79 Å². The molecule has 0 aliphatic heterocycles. The van der Waals surface area contributed by atoms with E-state index in [1.165, 1.54) is 11.8 Å². The lowest BCUT2D eigenvalue weighted by atomic mass is 10.1. The molecule has 2 aromatic rings. The molecule has 0 fully saturated rings. The molecule has 24 heavy (non-hydrogen) atoms. The molecule has 0 bridgehead atoms. The van der Waals surface area contributed by atoms with Crippen molar-refractivity contribution >= 4 is 17.7 Å². The van der Waals surface area contributed by atoms with Gasteiger partial charge in [-0.25, -0.2) is 0 Å². The van der Waals surface area contributed by atoms with Crippen molar-refractivity contribution in [2.75, 3.05) is 18.6 Å². The van der Waals surface area contributed by atoms with Gasteiger partial charge in [0.15, 0.2) is 0 Å². The van der Waals surface area contributed by atoms with Gasteiger partial charge in [-0.05, 0) is 18.6 Å². The van der Waals surface area contributed by atoms with Crippen LogP contribution in [0.15, 0.2) is 54.6 Å². The minimum atomic E-state index is -0.560. The minimum absolute atomic E-state index is 0.0568. The summed E-state index contributed by atoms with van der Waals surface area (Å²) in [7, 11) is 1.62. The number of carbonyl (C=O) groups excluding carboxylic acids is 1. The van der Waals surface area contributed by atoms with Gasteiger partial charge in [0, 0.05) is 11.3 Å². The number of carbonyl (C=O) groups is 1. The third-order valence-electron chi connectivity index (χ3n) is 3.68. The third kappa shape index (κ3) is 5.28. The van der Waals surface area contributed by atoms with Crippen molar-refractivity contribution in [1.29, 1.82) is 0 Å². The molecule has 0 saturated heterocycles. The number of aliphatic hydroxyl groups excluding tert-OH is 1. The lowest BCUT2D eigenvalue weighted by molar-refractivity contribution is -0.119. The van der Waals surface area contributed by atoms with E-state index in [-0.39, 0.29) is 11.9 Å². The number of hydrogen-bond acceptors (Lipinski definition) is 4. The number of methoxy groups -OCH3 is 1. The molecule has 0 aliphatic rings. The van der Waals surface area contributed by atoms with Gasteiger partial charge in [-0.15, -0.1) is 11.8 Å². The molecule has 0 radical (unpaired) electrons. The number of aliphatic hydroxyl groups is 1. The fourth-order valence-corrected chi connectivity index (χ4v) is 3.22. The molecular weight excluding hydrogens is 322 g/mol. The van der Waals surface area contributed by atoms with Gasteiger partial charge in [0.2, 0.25) is 5.91 Å². The van der Waals surface area contributed by atoms with E-state index in [1.807, 2.05) is 61.5 Å². The van der Waals surface area contributed by atoms with Crippen molar-refractivity contribution in [3.63, 3.8) is 0 Å². The van der Waals surface area contributed by atoms with Crippen LogP contribution < -0.4 is 10.1 Å². The molecule has 0 saturated carbocycles. The molecule has 0 heterocycles. The standard InChI is InChI=1S/C19H23NO3S/c1-14(16-10-6-7-11-18(16)23-2)20-19(22)13-24-12-17(21)15-8-4-3-5-9-15/h3-11,14,17,21H,12-13H2,1-2H3,(H,20,22). The van der Waals surface area contributed by atoms with E-state index in [4.69, 9.17) is 4.74 Å².